The van der Waals surface area contributed by atoms with E-state index in [-0.39, 0.29) is 42.1 Å². The highest BCUT2D eigenvalue weighted by Crippen LogP contribution is 2.20. The van der Waals surface area contributed by atoms with Crippen LogP contribution in [-0.4, -0.2) is 56.4 Å². The van der Waals surface area contributed by atoms with Gasteiger partial charge in [0.15, 0.2) is 0 Å². The Morgan fingerprint density at radius 3 is 2.16 bits per heavy atom. The van der Waals surface area contributed by atoms with Crippen LogP contribution in [0.1, 0.15) is 22.0 Å². The van der Waals surface area contributed by atoms with Crippen LogP contribution in [-0.2, 0) is 9.59 Å². The fourth-order valence-electron chi connectivity index (χ4n) is 2.73. The van der Waals surface area contributed by atoms with Crippen molar-refractivity contribution >= 4 is 40.9 Å². The molecule has 0 bridgehead atoms. The second-order valence-electron chi connectivity index (χ2n) is 6.92. The minimum absolute atomic E-state index is 0.163. The number of nitrogens with zero attached hydrogens (tertiary/aromatic N) is 1. The zero-order valence-electron chi connectivity index (χ0n) is 17.0. The molecule has 2 aromatic rings. The van der Waals surface area contributed by atoms with Crippen molar-refractivity contribution in [2.45, 2.75) is 6.04 Å². The molecule has 0 saturated carbocycles. The summed E-state index contributed by atoms with van der Waals surface area (Å²) in [6, 6.07) is 10.3. The number of likely N-dealkylation sites (N-methyl/N-ethyl adjacent to an activating group) is 1. The maximum atomic E-state index is 13.1. The Bertz CT molecular complexity index is 939. The third kappa shape index (κ3) is 7.82. The van der Waals surface area contributed by atoms with E-state index in [9.17, 15) is 18.8 Å². The van der Waals surface area contributed by atoms with Gasteiger partial charge in [0.05, 0.1) is 29.7 Å². The average molecular weight is 469 g/mol. The number of carbonyl (C=O) groups is 3. The fourth-order valence-corrected chi connectivity index (χ4v) is 3.22. The van der Waals surface area contributed by atoms with Gasteiger partial charge >= 0.3 is 0 Å². The van der Waals surface area contributed by atoms with Gasteiger partial charge in [-0.3, -0.25) is 14.4 Å². The predicted molar refractivity (Wildman–Crippen MR) is 118 cm³/mol. The van der Waals surface area contributed by atoms with Gasteiger partial charge in [0.1, 0.15) is 5.82 Å². The quantitative estimate of drug-likeness (QED) is 0.526. The summed E-state index contributed by atoms with van der Waals surface area (Å²) >= 11 is 11.7. The smallest absolute Gasteiger partial charge is 0.253 e. The van der Waals surface area contributed by atoms with E-state index in [1.807, 2.05) is 19.0 Å². The highest BCUT2D eigenvalue weighted by molar-refractivity contribution is 6.36. The fraction of sp³-hybridized carbons (Fsp3) is 0.286. The van der Waals surface area contributed by atoms with Crippen LogP contribution in [0.25, 0.3) is 0 Å². The summed E-state index contributed by atoms with van der Waals surface area (Å²) in [4.78, 5) is 38.0. The van der Waals surface area contributed by atoms with Crippen molar-refractivity contribution in [1.29, 1.82) is 0 Å². The normalized spacial score (nSPS) is 11.7. The van der Waals surface area contributed by atoms with E-state index in [1.165, 1.54) is 30.3 Å². The van der Waals surface area contributed by atoms with Gasteiger partial charge in [-0.1, -0.05) is 35.3 Å². The van der Waals surface area contributed by atoms with Gasteiger partial charge < -0.3 is 20.9 Å². The van der Waals surface area contributed by atoms with Crippen LogP contribution < -0.4 is 16.0 Å². The summed E-state index contributed by atoms with van der Waals surface area (Å²) in [7, 11) is 3.69. The predicted octanol–water partition coefficient (Wildman–Crippen LogP) is 2.40. The van der Waals surface area contributed by atoms with Crippen LogP contribution in [0.2, 0.25) is 10.0 Å². The molecule has 1 atom stereocenters. The molecule has 166 valence electrons. The highest BCUT2D eigenvalue weighted by atomic mass is 35.5. The van der Waals surface area contributed by atoms with Gasteiger partial charge in [-0.15, -0.1) is 0 Å². The topological polar surface area (TPSA) is 90.5 Å². The molecule has 10 heteroatoms. The van der Waals surface area contributed by atoms with Crippen molar-refractivity contribution in [3.05, 3.63) is 69.5 Å². The van der Waals surface area contributed by atoms with E-state index >= 15 is 0 Å². The Labute approximate surface area is 189 Å². The Kier molecular flexibility index (Phi) is 9.23. The lowest BCUT2D eigenvalue weighted by Crippen LogP contribution is -2.43. The zero-order chi connectivity index (χ0) is 23.0. The molecule has 0 aliphatic rings. The highest BCUT2D eigenvalue weighted by Gasteiger charge is 2.16. The molecule has 0 heterocycles. The maximum absolute atomic E-state index is 13.1. The lowest BCUT2D eigenvalue weighted by Gasteiger charge is -2.25. The van der Waals surface area contributed by atoms with E-state index in [1.54, 1.807) is 12.1 Å². The lowest BCUT2D eigenvalue weighted by atomic mass is 10.1. The van der Waals surface area contributed by atoms with Crippen molar-refractivity contribution in [2.75, 3.05) is 33.7 Å². The summed E-state index contributed by atoms with van der Waals surface area (Å²) < 4.78 is 13.1. The molecule has 2 aromatic carbocycles. The Hall–Kier alpha value is -2.68. The van der Waals surface area contributed by atoms with E-state index in [4.69, 9.17) is 23.2 Å². The van der Waals surface area contributed by atoms with Crippen LogP contribution in [0.15, 0.2) is 42.5 Å². The minimum Gasteiger partial charge on any atom is -0.353 e. The van der Waals surface area contributed by atoms with Gasteiger partial charge in [0.25, 0.3) is 5.91 Å². The van der Waals surface area contributed by atoms with E-state index in [0.717, 1.165) is 5.56 Å². The SMILES string of the molecule is CN(C)C(CNC(=O)CNC(=O)CNC(=O)c1ccc(Cl)cc1Cl)c1ccc(F)cc1. The van der Waals surface area contributed by atoms with Gasteiger partial charge in [0, 0.05) is 11.6 Å². The summed E-state index contributed by atoms with van der Waals surface area (Å²) in [5, 5.41) is 8.14. The largest absolute Gasteiger partial charge is 0.353 e. The Balaban J connectivity index is 1.76. The van der Waals surface area contributed by atoms with Crippen molar-refractivity contribution in [2.24, 2.45) is 0 Å². The van der Waals surface area contributed by atoms with E-state index in [2.05, 4.69) is 16.0 Å². The first-order valence-corrected chi connectivity index (χ1v) is 10.1. The zero-order valence-corrected chi connectivity index (χ0v) is 18.6. The molecule has 31 heavy (non-hydrogen) atoms. The van der Waals surface area contributed by atoms with Crippen LogP contribution in [0.5, 0.6) is 0 Å². The molecule has 0 aliphatic carbocycles. The number of halogens is 3. The first-order chi connectivity index (χ1) is 14.7. The monoisotopic (exact) mass is 468 g/mol. The molecule has 0 radical (unpaired) electrons. The second kappa shape index (κ2) is 11.6. The number of amides is 3. The Morgan fingerprint density at radius 1 is 0.935 bits per heavy atom. The summed E-state index contributed by atoms with van der Waals surface area (Å²) in [6.45, 7) is -0.292. The Morgan fingerprint density at radius 2 is 1.55 bits per heavy atom. The van der Waals surface area contributed by atoms with E-state index < -0.39 is 17.7 Å². The van der Waals surface area contributed by atoms with Crippen molar-refractivity contribution in [3.8, 4) is 0 Å². The van der Waals surface area contributed by atoms with Gasteiger partial charge in [0.2, 0.25) is 11.8 Å². The molecule has 1 unspecified atom stereocenters. The van der Waals surface area contributed by atoms with Crippen LogP contribution in [0.3, 0.4) is 0 Å². The molecule has 7 nitrogen and oxygen atoms in total. The molecule has 0 saturated heterocycles. The maximum Gasteiger partial charge on any atom is 0.253 e. The minimum atomic E-state index is -0.533. The molecule has 0 aliphatic heterocycles. The van der Waals surface area contributed by atoms with Crippen LogP contribution in [0, 0.1) is 5.82 Å². The second-order valence-corrected chi connectivity index (χ2v) is 7.76. The first-order valence-electron chi connectivity index (χ1n) is 9.36. The summed E-state index contributed by atoms with van der Waals surface area (Å²) in [5.74, 6) is -1.79. The number of hydrogen-bond donors (Lipinski definition) is 3. The molecule has 3 amide bonds. The molecule has 3 N–H and O–H groups in total. The number of rotatable bonds is 9. The third-order valence-electron chi connectivity index (χ3n) is 4.40. The average Bonchev–Trinajstić information content (AvgIpc) is 2.71. The number of hydrogen-bond acceptors (Lipinski definition) is 4. The number of nitrogens with one attached hydrogen (secondary N) is 3. The number of benzene rings is 2. The summed E-state index contributed by atoms with van der Waals surface area (Å²) in [5.41, 5.74) is 1.03. The van der Waals surface area contributed by atoms with Gasteiger partial charge in [-0.05, 0) is 50.0 Å². The lowest BCUT2D eigenvalue weighted by molar-refractivity contribution is -0.125. The standard InChI is InChI=1S/C21H23Cl2FN4O3/c1-28(2)18(13-3-6-15(24)7-4-13)10-25-19(29)11-26-20(30)12-27-21(31)16-8-5-14(22)9-17(16)23/h3-9,18H,10-12H2,1-2H3,(H,25,29)(H,26,30)(H,27,31). The first kappa shape index (κ1) is 24.6. The molecular formula is C21H23Cl2FN4O3. The third-order valence-corrected chi connectivity index (χ3v) is 4.95. The summed E-state index contributed by atoms with van der Waals surface area (Å²) in [6.07, 6.45) is 0. The van der Waals surface area contributed by atoms with Crippen molar-refractivity contribution < 1.29 is 18.8 Å². The van der Waals surface area contributed by atoms with Crippen molar-refractivity contribution in [3.63, 3.8) is 0 Å². The van der Waals surface area contributed by atoms with Gasteiger partial charge in [-0.2, -0.15) is 0 Å². The molecule has 0 fully saturated rings. The molecule has 2 rings (SSSR count). The molecule has 0 aromatic heterocycles. The van der Waals surface area contributed by atoms with Crippen LogP contribution >= 0.6 is 23.2 Å². The molecule has 0 spiro atoms. The van der Waals surface area contributed by atoms with Gasteiger partial charge in [-0.25, -0.2) is 4.39 Å². The van der Waals surface area contributed by atoms with Crippen LogP contribution in [0.4, 0.5) is 4.39 Å². The number of carbonyl (C=O) groups excluding carboxylic acids is 3. The van der Waals surface area contributed by atoms with E-state index in [0.29, 0.717) is 5.02 Å². The molecular weight excluding hydrogens is 446 g/mol. The van der Waals surface area contributed by atoms with Crippen molar-refractivity contribution in [1.82, 2.24) is 20.9 Å².